The molecule has 0 heterocycles. The molecule has 0 aliphatic rings. The van der Waals surface area contributed by atoms with Crippen LogP contribution in [0.5, 0.6) is 0 Å². The van der Waals surface area contributed by atoms with Crippen LogP contribution in [0.1, 0.15) is 11.1 Å². The Morgan fingerprint density at radius 1 is 1.36 bits per heavy atom. The first kappa shape index (κ1) is 8.53. The van der Waals surface area contributed by atoms with Gasteiger partial charge in [0.05, 0.1) is 6.61 Å². The van der Waals surface area contributed by atoms with Crippen molar-refractivity contribution in [2.24, 2.45) is 5.73 Å². The van der Waals surface area contributed by atoms with E-state index in [1.807, 2.05) is 6.07 Å². The topological polar surface area (TPSA) is 46.2 Å². The van der Waals surface area contributed by atoms with Gasteiger partial charge in [-0.15, -0.1) is 0 Å². The maximum absolute atomic E-state index is 8.86. The van der Waals surface area contributed by atoms with Gasteiger partial charge in [-0.2, -0.15) is 0 Å². The highest BCUT2D eigenvalue weighted by atomic mass is 35.5. The van der Waals surface area contributed by atoms with Crippen LogP contribution in [0.25, 0.3) is 0 Å². The molecule has 0 saturated carbocycles. The highest BCUT2D eigenvalue weighted by molar-refractivity contribution is 6.30. The maximum atomic E-state index is 8.86. The number of benzene rings is 1. The lowest BCUT2D eigenvalue weighted by atomic mass is 10.1. The van der Waals surface area contributed by atoms with E-state index in [9.17, 15) is 0 Å². The van der Waals surface area contributed by atoms with E-state index >= 15 is 0 Å². The molecule has 0 unspecified atom stereocenters. The third-order valence-electron chi connectivity index (χ3n) is 1.56. The van der Waals surface area contributed by atoms with Crippen molar-refractivity contribution < 1.29 is 5.11 Å². The lowest BCUT2D eigenvalue weighted by Crippen LogP contribution is -2.00. The number of rotatable bonds is 2. The monoisotopic (exact) mass is 171 g/mol. The van der Waals surface area contributed by atoms with E-state index in [-0.39, 0.29) is 6.61 Å². The molecule has 1 rings (SSSR count). The molecule has 0 atom stereocenters. The fraction of sp³-hybridized carbons (Fsp3) is 0.250. The number of halogens is 1. The Morgan fingerprint density at radius 3 is 2.64 bits per heavy atom. The van der Waals surface area contributed by atoms with E-state index in [0.29, 0.717) is 11.6 Å². The second-order valence-corrected chi connectivity index (χ2v) is 2.71. The minimum Gasteiger partial charge on any atom is -0.392 e. The van der Waals surface area contributed by atoms with Gasteiger partial charge in [0.25, 0.3) is 0 Å². The predicted octanol–water partition coefficient (Wildman–Crippen LogP) is 1.29. The third-order valence-corrected chi connectivity index (χ3v) is 1.79. The number of nitrogens with two attached hydrogens (primary N) is 1. The summed E-state index contributed by atoms with van der Waals surface area (Å²) in [4.78, 5) is 0. The molecule has 11 heavy (non-hydrogen) atoms. The lowest BCUT2D eigenvalue weighted by Gasteiger charge is -2.03. The molecule has 0 fully saturated rings. The van der Waals surface area contributed by atoms with Gasteiger partial charge in [0.2, 0.25) is 0 Å². The van der Waals surface area contributed by atoms with E-state index in [1.54, 1.807) is 12.1 Å². The molecule has 0 aliphatic heterocycles. The summed E-state index contributed by atoms with van der Waals surface area (Å²) < 4.78 is 0. The standard InChI is InChI=1S/C8H10ClNO/c9-8-2-1-6(4-10)7(3-8)5-11/h1-3,11H,4-5,10H2. The summed E-state index contributed by atoms with van der Waals surface area (Å²) in [5, 5.41) is 9.49. The van der Waals surface area contributed by atoms with Crippen LogP contribution in [-0.2, 0) is 13.2 Å². The van der Waals surface area contributed by atoms with Crippen LogP contribution < -0.4 is 5.73 Å². The van der Waals surface area contributed by atoms with Gasteiger partial charge >= 0.3 is 0 Å². The first-order valence-electron chi connectivity index (χ1n) is 3.36. The van der Waals surface area contributed by atoms with Gasteiger partial charge in [-0.3, -0.25) is 0 Å². The van der Waals surface area contributed by atoms with Crippen LogP contribution in [0.3, 0.4) is 0 Å². The van der Waals surface area contributed by atoms with E-state index in [4.69, 9.17) is 22.4 Å². The molecule has 1 aromatic rings. The van der Waals surface area contributed by atoms with Crippen LogP contribution >= 0.6 is 11.6 Å². The fourth-order valence-electron chi connectivity index (χ4n) is 0.941. The highest BCUT2D eigenvalue weighted by Gasteiger charge is 1.99. The largest absolute Gasteiger partial charge is 0.392 e. The summed E-state index contributed by atoms with van der Waals surface area (Å²) in [5.74, 6) is 0. The van der Waals surface area contributed by atoms with Gasteiger partial charge < -0.3 is 10.8 Å². The molecular formula is C8H10ClNO. The average Bonchev–Trinajstić information content (AvgIpc) is 2.04. The van der Waals surface area contributed by atoms with E-state index in [2.05, 4.69) is 0 Å². The summed E-state index contributed by atoms with van der Waals surface area (Å²) in [5.41, 5.74) is 7.17. The van der Waals surface area contributed by atoms with Crippen LogP contribution in [0.2, 0.25) is 5.02 Å². The van der Waals surface area contributed by atoms with Crippen molar-refractivity contribution in [3.05, 3.63) is 34.3 Å². The number of aliphatic hydroxyl groups is 1. The summed E-state index contributed by atoms with van der Waals surface area (Å²) in [6, 6.07) is 5.32. The quantitative estimate of drug-likeness (QED) is 0.705. The molecule has 3 N–H and O–H groups in total. The third kappa shape index (κ3) is 1.93. The Kier molecular flexibility index (Phi) is 2.88. The Morgan fingerprint density at radius 2 is 2.09 bits per heavy atom. The summed E-state index contributed by atoms with van der Waals surface area (Å²) in [6.45, 7) is 0.431. The molecule has 1 aromatic carbocycles. The van der Waals surface area contributed by atoms with Crippen LogP contribution in [-0.4, -0.2) is 5.11 Å². The first-order valence-corrected chi connectivity index (χ1v) is 3.74. The van der Waals surface area contributed by atoms with Gasteiger partial charge in [-0.25, -0.2) is 0 Å². The molecule has 60 valence electrons. The fourth-order valence-corrected chi connectivity index (χ4v) is 1.14. The van der Waals surface area contributed by atoms with Gasteiger partial charge in [0.1, 0.15) is 0 Å². The van der Waals surface area contributed by atoms with Gasteiger partial charge in [0.15, 0.2) is 0 Å². The zero-order chi connectivity index (χ0) is 8.27. The van der Waals surface area contributed by atoms with Crippen molar-refractivity contribution >= 4 is 11.6 Å². The van der Waals surface area contributed by atoms with Gasteiger partial charge in [-0.05, 0) is 23.3 Å². The number of hydrogen-bond donors (Lipinski definition) is 2. The van der Waals surface area contributed by atoms with Crippen LogP contribution in [0.4, 0.5) is 0 Å². The Balaban J connectivity index is 3.06. The summed E-state index contributed by atoms with van der Waals surface area (Å²) >= 11 is 5.70. The van der Waals surface area contributed by atoms with Crippen molar-refractivity contribution in [2.75, 3.05) is 0 Å². The molecule has 0 bridgehead atoms. The minimum atomic E-state index is -0.00685. The van der Waals surface area contributed by atoms with E-state index in [1.165, 1.54) is 0 Å². The molecule has 0 radical (unpaired) electrons. The zero-order valence-electron chi connectivity index (χ0n) is 6.05. The predicted molar refractivity (Wildman–Crippen MR) is 45.3 cm³/mol. The maximum Gasteiger partial charge on any atom is 0.0685 e. The highest BCUT2D eigenvalue weighted by Crippen LogP contribution is 2.15. The second-order valence-electron chi connectivity index (χ2n) is 2.28. The van der Waals surface area contributed by atoms with Gasteiger partial charge in [-0.1, -0.05) is 17.7 Å². The molecule has 0 aromatic heterocycles. The van der Waals surface area contributed by atoms with Crippen LogP contribution in [0.15, 0.2) is 18.2 Å². The molecule has 0 spiro atoms. The SMILES string of the molecule is NCc1ccc(Cl)cc1CO. The average molecular weight is 172 g/mol. The minimum absolute atomic E-state index is 0.00685. The first-order chi connectivity index (χ1) is 5.27. The molecular weight excluding hydrogens is 162 g/mol. The van der Waals surface area contributed by atoms with Crippen molar-refractivity contribution in [1.29, 1.82) is 0 Å². The molecule has 0 saturated heterocycles. The van der Waals surface area contributed by atoms with Crippen molar-refractivity contribution in [1.82, 2.24) is 0 Å². The lowest BCUT2D eigenvalue weighted by molar-refractivity contribution is 0.280. The number of hydrogen-bond acceptors (Lipinski definition) is 2. The van der Waals surface area contributed by atoms with Gasteiger partial charge in [0, 0.05) is 11.6 Å². The Hall–Kier alpha value is -0.570. The molecule has 0 aliphatic carbocycles. The van der Waals surface area contributed by atoms with Crippen LogP contribution in [0, 0.1) is 0 Å². The van der Waals surface area contributed by atoms with E-state index < -0.39 is 0 Å². The van der Waals surface area contributed by atoms with Crippen molar-refractivity contribution in [3.63, 3.8) is 0 Å². The Bertz CT molecular complexity index is 250. The molecule has 3 heteroatoms. The zero-order valence-corrected chi connectivity index (χ0v) is 6.80. The normalized spacial score (nSPS) is 10.1. The van der Waals surface area contributed by atoms with Crippen molar-refractivity contribution in [3.8, 4) is 0 Å². The Labute approximate surface area is 70.6 Å². The van der Waals surface area contributed by atoms with E-state index in [0.717, 1.165) is 11.1 Å². The summed E-state index contributed by atoms with van der Waals surface area (Å²) in [6.07, 6.45) is 0. The molecule has 0 amide bonds. The second kappa shape index (κ2) is 3.72. The number of aliphatic hydroxyl groups excluding tert-OH is 1. The summed E-state index contributed by atoms with van der Waals surface area (Å²) in [7, 11) is 0. The van der Waals surface area contributed by atoms with Crippen molar-refractivity contribution in [2.45, 2.75) is 13.2 Å². The smallest absolute Gasteiger partial charge is 0.0685 e. The molecule has 2 nitrogen and oxygen atoms in total.